The number of hydrogen-bond donors (Lipinski definition) is 1. The minimum Gasteiger partial charge on any atom is -0.475 e. The molecule has 48 heavy (non-hydrogen) atoms. The Balaban J connectivity index is 1.67. The molecule has 0 saturated carbocycles. The van der Waals surface area contributed by atoms with E-state index in [1.165, 1.54) is 19.2 Å². The molecule has 2 aromatic heterocycles. The average Bonchev–Trinajstić information content (AvgIpc) is 3.36. The molecule has 1 unspecified atom stereocenters. The molecule has 1 saturated heterocycles. The van der Waals surface area contributed by atoms with E-state index >= 15 is 8.78 Å². The molecule has 0 bridgehead atoms. The van der Waals surface area contributed by atoms with Gasteiger partial charge < -0.3 is 24.1 Å². The number of halogens is 2. The lowest BCUT2D eigenvalue weighted by atomic mass is 9.95. The van der Waals surface area contributed by atoms with Crippen molar-refractivity contribution in [3.8, 4) is 34.4 Å². The summed E-state index contributed by atoms with van der Waals surface area (Å²) in [5.41, 5.74) is 5.26. The summed E-state index contributed by atoms with van der Waals surface area (Å²) in [7, 11) is -0.748. The third-order valence-corrected chi connectivity index (χ3v) is 16.7. The van der Waals surface area contributed by atoms with Gasteiger partial charge in [-0.25, -0.2) is 13.8 Å². The van der Waals surface area contributed by atoms with E-state index in [0.29, 0.717) is 50.8 Å². The van der Waals surface area contributed by atoms with Gasteiger partial charge in [0.1, 0.15) is 31.9 Å². The minimum atomic E-state index is -2.26. The van der Waals surface area contributed by atoms with Crippen LogP contribution in [0.1, 0.15) is 72.8 Å². The number of fused-ring (bicyclic) bond motifs is 3. The molecule has 1 fully saturated rings. The molecule has 0 aliphatic carbocycles. The highest BCUT2D eigenvalue weighted by Crippen LogP contribution is 2.44. The molecule has 10 heteroatoms. The molecule has 0 amide bonds. The summed E-state index contributed by atoms with van der Waals surface area (Å²) in [5.74, 6) is 2.70. The van der Waals surface area contributed by atoms with Crippen molar-refractivity contribution in [3.63, 3.8) is 0 Å². The zero-order valence-corrected chi connectivity index (χ0v) is 29.9. The number of rotatable bonds is 7. The minimum absolute atomic E-state index is 0.00800. The first-order valence-electron chi connectivity index (χ1n) is 17.0. The van der Waals surface area contributed by atoms with Crippen LogP contribution >= 0.6 is 0 Å². The van der Waals surface area contributed by atoms with Crippen LogP contribution in [0.15, 0.2) is 35.1 Å². The highest BCUT2D eigenvalue weighted by molar-refractivity contribution is 6.90. The van der Waals surface area contributed by atoms with Crippen molar-refractivity contribution in [1.82, 2.24) is 9.97 Å². The molecule has 0 spiro atoms. The Bertz CT molecular complexity index is 1960. The zero-order chi connectivity index (χ0) is 34.3. The van der Waals surface area contributed by atoms with Gasteiger partial charge in [-0.1, -0.05) is 66.4 Å². The smallest absolute Gasteiger partial charge is 0.250 e. The van der Waals surface area contributed by atoms with E-state index in [9.17, 15) is 4.79 Å². The van der Waals surface area contributed by atoms with Crippen LogP contribution in [0.2, 0.25) is 16.6 Å². The summed E-state index contributed by atoms with van der Waals surface area (Å²) >= 11 is 0. The molecule has 2 aromatic carbocycles. The van der Waals surface area contributed by atoms with Crippen LogP contribution in [-0.2, 0) is 4.74 Å². The van der Waals surface area contributed by atoms with E-state index < -0.39 is 25.3 Å². The number of benzene rings is 2. The van der Waals surface area contributed by atoms with Crippen LogP contribution in [-0.4, -0.2) is 51.1 Å². The van der Waals surface area contributed by atoms with Crippen molar-refractivity contribution in [2.45, 2.75) is 89.9 Å². The van der Waals surface area contributed by atoms with E-state index in [1.54, 1.807) is 18.2 Å². The van der Waals surface area contributed by atoms with E-state index in [4.69, 9.17) is 19.2 Å². The molecule has 0 radical (unpaired) electrons. The highest BCUT2D eigenvalue weighted by Gasteiger charge is 2.42. The maximum Gasteiger partial charge on any atom is 0.250 e. The van der Waals surface area contributed by atoms with Crippen LogP contribution in [0.25, 0.3) is 32.9 Å². The molecular weight excluding hydrogens is 629 g/mol. The molecule has 1 atom stereocenters. The monoisotopic (exact) mass is 673 g/mol. The van der Waals surface area contributed by atoms with Crippen molar-refractivity contribution in [2.24, 2.45) is 0 Å². The summed E-state index contributed by atoms with van der Waals surface area (Å²) in [5, 5.41) is 1.47. The van der Waals surface area contributed by atoms with Crippen molar-refractivity contribution in [3.05, 3.63) is 57.9 Å². The standard InChI is InChI=1S/C38H45F2N3O4Si/c1-22(2)48(23(3)4,24(5)6)16-14-28-30(39)13-12-25-17-27(47-21-45-7)18-29(33(25)28)36-35(40)37-34-31(19-32(44)41-37)43-15-10-8-9-11-26(43)20-46-38(34)42-36/h12-13,17-19,22-24,26H,8-11,15,20-21H2,1-7H3,(H,41,44). The second kappa shape index (κ2) is 13.5. The number of anilines is 1. The van der Waals surface area contributed by atoms with Gasteiger partial charge in [0.2, 0.25) is 5.88 Å². The maximum absolute atomic E-state index is 17.0. The van der Waals surface area contributed by atoms with Gasteiger partial charge in [0.15, 0.2) is 12.6 Å². The van der Waals surface area contributed by atoms with Crippen LogP contribution in [0.4, 0.5) is 14.5 Å². The third-order valence-electron chi connectivity index (χ3n) is 10.4. The predicted octanol–water partition coefficient (Wildman–Crippen LogP) is 8.72. The van der Waals surface area contributed by atoms with Gasteiger partial charge in [0, 0.05) is 30.7 Å². The van der Waals surface area contributed by atoms with Crippen molar-refractivity contribution in [1.29, 1.82) is 0 Å². The van der Waals surface area contributed by atoms with Gasteiger partial charge >= 0.3 is 0 Å². The molecule has 1 N–H and O–H groups in total. The summed E-state index contributed by atoms with van der Waals surface area (Å²) in [6.07, 6.45) is 4.00. The van der Waals surface area contributed by atoms with E-state index in [1.807, 2.05) is 0 Å². The zero-order valence-electron chi connectivity index (χ0n) is 28.9. The molecule has 254 valence electrons. The molecule has 2 aliphatic rings. The Morgan fingerprint density at radius 2 is 1.79 bits per heavy atom. The number of aromatic nitrogens is 2. The lowest BCUT2D eigenvalue weighted by molar-refractivity contribution is 0.0512. The van der Waals surface area contributed by atoms with E-state index in [-0.39, 0.29) is 41.1 Å². The summed E-state index contributed by atoms with van der Waals surface area (Å²) < 4.78 is 50.4. The van der Waals surface area contributed by atoms with Gasteiger partial charge in [0.05, 0.1) is 28.2 Å². The lowest BCUT2D eigenvalue weighted by Gasteiger charge is -2.38. The van der Waals surface area contributed by atoms with Gasteiger partial charge in [-0.15, -0.1) is 5.54 Å². The number of methoxy groups -OCH3 is 1. The molecule has 7 nitrogen and oxygen atoms in total. The fourth-order valence-electron chi connectivity index (χ4n) is 8.14. The van der Waals surface area contributed by atoms with Crippen molar-refractivity contribution >= 4 is 35.4 Å². The number of hydrogen-bond acceptors (Lipinski definition) is 6. The summed E-state index contributed by atoms with van der Waals surface area (Å²) in [4.78, 5) is 22.8. The fourth-order valence-corrected chi connectivity index (χ4v) is 13.3. The Hall–Kier alpha value is -3.94. The van der Waals surface area contributed by atoms with Crippen LogP contribution in [0, 0.1) is 23.1 Å². The van der Waals surface area contributed by atoms with Crippen molar-refractivity contribution in [2.75, 3.05) is 32.0 Å². The third kappa shape index (κ3) is 5.85. The fraction of sp³-hybridized carbons (Fsp3) is 0.474. The van der Waals surface area contributed by atoms with Crippen molar-refractivity contribution < 1.29 is 23.0 Å². The Morgan fingerprint density at radius 3 is 2.50 bits per heavy atom. The topological polar surface area (TPSA) is 76.7 Å². The first-order valence-corrected chi connectivity index (χ1v) is 19.3. The number of H-pyrrole nitrogens is 1. The highest BCUT2D eigenvalue weighted by atomic mass is 28.3. The van der Waals surface area contributed by atoms with Gasteiger partial charge in [-0.3, -0.25) is 4.79 Å². The SMILES string of the molecule is COCOc1cc(-c2nc3c4c(cc(=O)[nH]c4c2F)N2CCCCCC2CO3)c2c(C#C[Si](C(C)C)(C(C)C)C(C)C)c(F)ccc2c1. The van der Waals surface area contributed by atoms with Gasteiger partial charge in [-0.2, -0.15) is 0 Å². The number of nitrogens with one attached hydrogen (secondary N) is 1. The van der Waals surface area contributed by atoms with Crippen LogP contribution in [0.5, 0.6) is 11.6 Å². The Kier molecular flexibility index (Phi) is 9.56. The Morgan fingerprint density at radius 1 is 1.04 bits per heavy atom. The Labute approximate surface area is 282 Å². The number of ether oxygens (including phenoxy) is 3. The second-order valence-electron chi connectivity index (χ2n) is 14.0. The molecule has 4 heterocycles. The molecule has 4 aromatic rings. The predicted molar refractivity (Wildman–Crippen MR) is 191 cm³/mol. The van der Waals surface area contributed by atoms with E-state index in [2.05, 4.69) is 62.9 Å². The summed E-state index contributed by atoms with van der Waals surface area (Å²) in [6, 6.07) is 8.00. The summed E-state index contributed by atoms with van der Waals surface area (Å²) in [6.45, 7) is 14.3. The van der Waals surface area contributed by atoms with E-state index in [0.717, 1.165) is 32.2 Å². The molecule has 6 rings (SSSR count). The first kappa shape index (κ1) is 33.9. The number of pyridine rings is 2. The van der Waals surface area contributed by atoms with Crippen LogP contribution in [0.3, 0.4) is 0 Å². The number of aromatic amines is 1. The van der Waals surface area contributed by atoms with Gasteiger partial charge in [-0.05, 0) is 53.1 Å². The number of nitrogens with zero attached hydrogens (tertiary/aromatic N) is 2. The molecular formula is C38H45F2N3O4Si. The second-order valence-corrected chi connectivity index (χ2v) is 19.6. The normalized spacial score (nSPS) is 16.5. The lowest BCUT2D eigenvalue weighted by Crippen LogP contribution is -2.43. The molecule has 2 aliphatic heterocycles. The average molecular weight is 674 g/mol. The van der Waals surface area contributed by atoms with Gasteiger partial charge in [0.25, 0.3) is 5.56 Å². The quantitative estimate of drug-likeness (QED) is 0.120. The largest absolute Gasteiger partial charge is 0.475 e. The first-order chi connectivity index (χ1) is 23.0. The maximum atomic E-state index is 17.0. The van der Waals surface area contributed by atoms with Crippen LogP contribution < -0.4 is 19.9 Å².